The van der Waals surface area contributed by atoms with Gasteiger partial charge in [-0.05, 0) is 24.3 Å². The van der Waals surface area contributed by atoms with Crippen LogP contribution in [0.5, 0.6) is 5.88 Å². The lowest BCUT2D eigenvalue weighted by Gasteiger charge is -2.08. The van der Waals surface area contributed by atoms with E-state index in [-0.39, 0.29) is 5.91 Å². The first-order valence-electron chi connectivity index (χ1n) is 6.01. The van der Waals surface area contributed by atoms with Crippen molar-refractivity contribution in [2.75, 3.05) is 12.4 Å². The van der Waals surface area contributed by atoms with Crippen LogP contribution in [-0.2, 0) is 0 Å². The van der Waals surface area contributed by atoms with Crippen LogP contribution in [0, 0.1) is 0 Å². The number of carbonyl (C=O) groups excluding carboxylic acids is 1. The number of anilines is 1. The van der Waals surface area contributed by atoms with Crippen LogP contribution in [0.3, 0.4) is 0 Å². The van der Waals surface area contributed by atoms with Crippen LogP contribution in [0.2, 0.25) is 0 Å². The number of H-pyrrole nitrogens is 1. The highest BCUT2D eigenvalue weighted by atomic mass is 16.5. The van der Waals surface area contributed by atoms with E-state index in [9.17, 15) is 4.79 Å². The van der Waals surface area contributed by atoms with E-state index in [1.165, 1.54) is 7.11 Å². The zero-order valence-electron chi connectivity index (χ0n) is 10.8. The van der Waals surface area contributed by atoms with Gasteiger partial charge in [0.25, 0.3) is 5.91 Å². The third-order valence-electron chi connectivity index (χ3n) is 2.92. The van der Waals surface area contributed by atoms with Crippen molar-refractivity contribution in [2.45, 2.75) is 0 Å². The van der Waals surface area contributed by atoms with Gasteiger partial charge in [-0.25, -0.2) is 4.98 Å². The van der Waals surface area contributed by atoms with Crippen LogP contribution >= 0.6 is 0 Å². The Morgan fingerprint density at radius 1 is 1.35 bits per heavy atom. The molecule has 20 heavy (non-hydrogen) atoms. The van der Waals surface area contributed by atoms with Gasteiger partial charge in [0.05, 0.1) is 18.8 Å². The second kappa shape index (κ2) is 5.00. The molecule has 3 rings (SSSR count). The third-order valence-corrected chi connectivity index (χ3v) is 2.92. The average Bonchev–Trinajstić information content (AvgIpc) is 2.95. The number of fused-ring (bicyclic) bond motifs is 1. The normalized spacial score (nSPS) is 10.4. The number of aromatic nitrogens is 3. The number of methoxy groups -OCH3 is 1. The molecule has 0 aliphatic carbocycles. The molecule has 6 nitrogen and oxygen atoms in total. The molecule has 0 atom stereocenters. The minimum absolute atomic E-state index is 0.229. The molecule has 100 valence electrons. The number of rotatable bonds is 3. The van der Waals surface area contributed by atoms with Gasteiger partial charge in [-0.2, -0.15) is 5.10 Å². The number of benzene rings is 1. The van der Waals surface area contributed by atoms with Crippen molar-refractivity contribution in [3.05, 3.63) is 48.3 Å². The van der Waals surface area contributed by atoms with Gasteiger partial charge in [0.2, 0.25) is 5.88 Å². The molecule has 1 aromatic carbocycles. The van der Waals surface area contributed by atoms with Crippen LogP contribution in [0.1, 0.15) is 10.4 Å². The van der Waals surface area contributed by atoms with Gasteiger partial charge in [0.15, 0.2) is 0 Å². The number of carbonyl (C=O) groups is 1. The van der Waals surface area contributed by atoms with E-state index in [1.54, 1.807) is 36.7 Å². The predicted octanol–water partition coefficient (Wildman–Crippen LogP) is 2.22. The summed E-state index contributed by atoms with van der Waals surface area (Å²) in [6, 6.07) is 8.81. The predicted molar refractivity (Wildman–Crippen MR) is 74.8 cm³/mol. The molecule has 1 amide bonds. The van der Waals surface area contributed by atoms with Crippen molar-refractivity contribution in [3.63, 3.8) is 0 Å². The summed E-state index contributed by atoms with van der Waals surface area (Å²) < 4.78 is 5.10. The van der Waals surface area contributed by atoms with Crippen LogP contribution < -0.4 is 10.1 Å². The topological polar surface area (TPSA) is 79.9 Å². The molecule has 0 unspecified atom stereocenters. The summed E-state index contributed by atoms with van der Waals surface area (Å²) in [7, 11) is 1.51. The first-order chi connectivity index (χ1) is 9.78. The molecule has 0 radical (unpaired) electrons. The lowest BCUT2D eigenvalue weighted by Crippen LogP contribution is -2.12. The van der Waals surface area contributed by atoms with E-state index in [4.69, 9.17) is 4.74 Å². The Hall–Kier alpha value is -2.89. The Balaban J connectivity index is 1.88. The van der Waals surface area contributed by atoms with E-state index >= 15 is 0 Å². The fourth-order valence-electron chi connectivity index (χ4n) is 1.92. The van der Waals surface area contributed by atoms with Gasteiger partial charge in [-0.3, -0.25) is 9.89 Å². The third kappa shape index (κ3) is 2.18. The Kier molecular flexibility index (Phi) is 3.04. The van der Waals surface area contributed by atoms with Gasteiger partial charge in [-0.15, -0.1) is 0 Å². The molecule has 2 N–H and O–H groups in total. The molecule has 0 spiro atoms. The highest BCUT2D eigenvalue weighted by molar-refractivity contribution is 6.06. The van der Waals surface area contributed by atoms with Crippen molar-refractivity contribution in [1.82, 2.24) is 15.2 Å². The zero-order valence-corrected chi connectivity index (χ0v) is 10.8. The summed E-state index contributed by atoms with van der Waals surface area (Å²) in [6.07, 6.45) is 3.31. The Morgan fingerprint density at radius 3 is 3.10 bits per heavy atom. The van der Waals surface area contributed by atoms with E-state index in [0.717, 1.165) is 10.9 Å². The lowest BCUT2D eigenvalue weighted by molar-refractivity contribution is 0.102. The Morgan fingerprint density at radius 2 is 2.25 bits per heavy atom. The van der Waals surface area contributed by atoms with Crippen molar-refractivity contribution in [2.24, 2.45) is 0 Å². The molecule has 3 aromatic rings. The van der Waals surface area contributed by atoms with Gasteiger partial charge in [-0.1, -0.05) is 6.07 Å². The van der Waals surface area contributed by atoms with Crippen molar-refractivity contribution < 1.29 is 9.53 Å². The van der Waals surface area contributed by atoms with Crippen LogP contribution in [-0.4, -0.2) is 28.2 Å². The lowest BCUT2D eigenvalue weighted by atomic mass is 10.1. The van der Waals surface area contributed by atoms with E-state index in [0.29, 0.717) is 17.1 Å². The summed E-state index contributed by atoms with van der Waals surface area (Å²) in [5.74, 6) is 0.149. The second-order valence-corrected chi connectivity index (χ2v) is 4.19. The highest BCUT2D eigenvalue weighted by Gasteiger charge is 2.11. The van der Waals surface area contributed by atoms with E-state index in [1.807, 2.05) is 6.07 Å². The molecule has 0 fully saturated rings. The van der Waals surface area contributed by atoms with E-state index < -0.39 is 0 Å². The molecule has 6 heteroatoms. The average molecular weight is 268 g/mol. The van der Waals surface area contributed by atoms with Gasteiger partial charge in [0, 0.05) is 17.1 Å². The Labute approximate surface area is 114 Å². The standard InChI is InChI=1S/C14H12N4O2/c1-20-14-11(3-2-6-15-14)17-13(19)9-4-5-10-8-16-18-12(10)7-9/h2-8H,1H3,(H,16,18)(H,17,19). The van der Waals surface area contributed by atoms with Gasteiger partial charge >= 0.3 is 0 Å². The molecule has 0 saturated heterocycles. The fraction of sp³-hybridized carbons (Fsp3) is 0.0714. The number of nitrogens with one attached hydrogen (secondary N) is 2. The highest BCUT2D eigenvalue weighted by Crippen LogP contribution is 2.21. The number of aromatic amines is 1. The van der Waals surface area contributed by atoms with Gasteiger partial charge in [0.1, 0.15) is 5.69 Å². The number of hydrogen-bond acceptors (Lipinski definition) is 4. The van der Waals surface area contributed by atoms with Crippen molar-refractivity contribution in [3.8, 4) is 5.88 Å². The molecule has 0 aliphatic rings. The molecule has 2 aromatic heterocycles. The maximum atomic E-state index is 12.2. The maximum absolute atomic E-state index is 12.2. The largest absolute Gasteiger partial charge is 0.480 e. The van der Waals surface area contributed by atoms with Crippen LogP contribution in [0.15, 0.2) is 42.7 Å². The summed E-state index contributed by atoms with van der Waals surface area (Å²) in [4.78, 5) is 16.3. The maximum Gasteiger partial charge on any atom is 0.255 e. The van der Waals surface area contributed by atoms with E-state index in [2.05, 4.69) is 20.5 Å². The SMILES string of the molecule is COc1ncccc1NC(=O)c1ccc2cn[nH]c2c1. The van der Waals surface area contributed by atoms with Gasteiger partial charge < -0.3 is 10.1 Å². The summed E-state index contributed by atoms with van der Waals surface area (Å²) in [5, 5.41) is 10.5. The number of amides is 1. The summed E-state index contributed by atoms with van der Waals surface area (Å²) in [5.41, 5.74) is 1.88. The molecular formula is C14H12N4O2. The van der Waals surface area contributed by atoms with Crippen molar-refractivity contribution in [1.29, 1.82) is 0 Å². The smallest absolute Gasteiger partial charge is 0.255 e. The number of pyridine rings is 1. The van der Waals surface area contributed by atoms with Crippen LogP contribution in [0.25, 0.3) is 10.9 Å². The monoisotopic (exact) mass is 268 g/mol. The zero-order chi connectivity index (χ0) is 13.9. The second-order valence-electron chi connectivity index (χ2n) is 4.19. The minimum Gasteiger partial charge on any atom is -0.480 e. The van der Waals surface area contributed by atoms with Crippen LogP contribution in [0.4, 0.5) is 5.69 Å². The van der Waals surface area contributed by atoms with Crippen molar-refractivity contribution >= 4 is 22.5 Å². The summed E-state index contributed by atoms with van der Waals surface area (Å²) >= 11 is 0. The quantitative estimate of drug-likeness (QED) is 0.763. The number of hydrogen-bond donors (Lipinski definition) is 2. The molecule has 2 heterocycles. The first kappa shape index (κ1) is 12.2. The molecular weight excluding hydrogens is 256 g/mol. The Bertz CT molecular complexity index is 766. The molecule has 0 bridgehead atoms. The minimum atomic E-state index is -0.229. The number of ether oxygens (including phenoxy) is 1. The molecule has 0 saturated carbocycles. The summed E-state index contributed by atoms with van der Waals surface area (Å²) in [6.45, 7) is 0. The first-order valence-corrected chi connectivity index (χ1v) is 6.01. The fourth-order valence-corrected chi connectivity index (χ4v) is 1.92. The molecule has 0 aliphatic heterocycles. The number of nitrogens with zero attached hydrogens (tertiary/aromatic N) is 2.